The molecule has 0 aromatic carbocycles. The molecule has 1 heterocycles. The predicted octanol–water partition coefficient (Wildman–Crippen LogP) is 1.34. The van der Waals surface area contributed by atoms with Crippen LogP contribution in [0.5, 0.6) is 0 Å². The number of hydrogen-bond acceptors (Lipinski definition) is 2. The van der Waals surface area contributed by atoms with E-state index in [1.807, 2.05) is 20.8 Å². The average Bonchev–Trinajstić information content (AvgIpc) is 2.03. The van der Waals surface area contributed by atoms with Crippen molar-refractivity contribution < 1.29 is 0 Å². The summed E-state index contributed by atoms with van der Waals surface area (Å²) in [5.41, 5.74) is 7.43. The molecule has 1 rings (SSSR count). The molecule has 1 aromatic rings. The maximum atomic E-state index is 11.5. The zero-order valence-electron chi connectivity index (χ0n) is 8.29. The van der Waals surface area contributed by atoms with Gasteiger partial charge in [0.05, 0.1) is 0 Å². The normalized spacial score (nSPS) is 13.3. The van der Waals surface area contributed by atoms with Gasteiger partial charge in [0, 0.05) is 29.6 Å². The van der Waals surface area contributed by atoms with Crippen LogP contribution in [0.1, 0.15) is 31.1 Å². The number of aromatic amines is 1. The van der Waals surface area contributed by atoms with Crippen molar-refractivity contribution in [3.8, 4) is 0 Å². The predicted molar refractivity (Wildman–Crippen MR) is 53.6 cm³/mol. The molecule has 0 saturated carbocycles. The quantitative estimate of drug-likeness (QED) is 0.721. The Morgan fingerprint density at radius 1 is 1.46 bits per heavy atom. The van der Waals surface area contributed by atoms with Gasteiger partial charge in [0.15, 0.2) is 5.43 Å². The summed E-state index contributed by atoms with van der Waals surface area (Å²) < 4.78 is 0. The second kappa shape index (κ2) is 3.75. The fourth-order valence-corrected chi connectivity index (χ4v) is 1.20. The smallest absolute Gasteiger partial charge is 0.186 e. The molecule has 0 fully saturated rings. The van der Waals surface area contributed by atoms with Gasteiger partial charge in [-0.1, -0.05) is 13.8 Å². The van der Waals surface area contributed by atoms with E-state index in [0.717, 1.165) is 5.69 Å². The van der Waals surface area contributed by atoms with Gasteiger partial charge < -0.3 is 10.7 Å². The first kappa shape index (κ1) is 9.99. The van der Waals surface area contributed by atoms with E-state index in [1.165, 1.54) is 0 Å². The third-order valence-electron chi connectivity index (χ3n) is 2.16. The van der Waals surface area contributed by atoms with Gasteiger partial charge in [0.2, 0.25) is 0 Å². The third kappa shape index (κ3) is 2.18. The SMILES string of the molecule is Cc1cc(=O)c([C@@H](N)C(C)C)c[nH]1. The lowest BCUT2D eigenvalue weighted by atomic mass is 9.98. The topological polar surface area (TPSA) is 58.9 Å². The summed E-state index contributed by atoms with van der Waals surface area (Å²) in [5, 5.41) is 0. The molecule has 1 atom stereocenters. The van der Waals surface area contributed by atoms with Crippen LogP contribution in [0, 0.1) is 12.8 Å². The Hall–Kier alpha value is -1.09. The molecule has 3 nitrogen and oxygen atoms in total. The largest absolute Gasteiger partial charge is 0.365 e. The Kier molecular flexibility index (Phi) is 2.88. The Morgan fingerprint density at radius 2 is 2.08 bits per heavy atom. The minimum atomic E-state index is -0.177. The lowest BCUT2D eigenvalue weighted by Gasteiger charge is -2.14. The monoisotopic (exact) mass is 180 g/mol. The molecule has 0 aliphatic heterocycles. The minimum Gasteiger partial charge on any atom is -0.365 e. The van der Waals surface area contributed by atoms with E-state index in [1.54, 1.807) is 12.3 Å². The molecule has 0 saturated heterocycles. The summed E-state index contributed by atoms with van der Waals surface area (Å²) in [6, 6.07) is 1.40. The molecule has 0 radical (unpaired) electrons. The van der Waals surface area contributed by atoms with Crippen molar-refractivity contribution >= 4 is 0 Å². The summed E-state index contributed by atoms with van der Waals surface area (Å²) >= 11 is 0. The van der Waals surface area contributed by atoms with Crippen LogP contribution in [0.25, 0.3) is 0 Å². The Balaban J connectivity index is 3.09. The molecule has 3 N–H and O–H groups in total. The highest BCUT2D eigenvalue weighted by Gasteiger charge is 2.13. The fraction of sp³-hybridized carbons (Fsp3) is 0.500. The number of nitrogens with one attached hydrogen (secondary N) is 1. The van der Waals surface area contributed by atoms with Crippen molar-refractivity contribution in [3.05, 3.63) is 33.7 Å². The zero-order chi connectivity index (χ0) is 10.0. The Labute approximate surface area is 78.0 Å². The summed E-state index contributed by atoms with van der Waals surface area (Å²) in [6.07, 6.45) is 1.71. The highest BCUT2D eigenvalue weighted by molar-refractivity contribution is 5.17. The summed E-state index contributed by atoms with van der Waals surface area (Å²) in [5.74, 6) is 0.281. The van der Waals surface area contributed by atoms with Crippen LogP contribution in [0.4, 0.5) is 0 Å². The van der Waals surface area contributed by atoms with Gasteiger partial charge in [-0.2, -0.15) is 0 Å². The molecule has 0 aliphatic carbocycles. The number of nitrogens with two attached hydrogens (primary N) is 1. The molecule has 0 spiro atoms. The van der Waals surface area contributed by atoms with Crippen LogP contribution < -0.4 is 11.2 Å². The van der Waals surface area contributed by atoms with E-state index in [0.29, 0.717) is 5.56 Å². The van der Waals surface area contributed by atoms with Gasteiger partial charge in [-0.25, -0.2) is 0 Å². The Bertz CT molecular complexity index is 341. The number of aryl methyl sites for hydroxylation is 1. The van der Waals surface area contributed by atoms with Gasteiger partial charge in [-0.05, 0) is 12.8 Å². The van der Waals surface area contributed by atoms with E-state index in [-0.39, 0.29) is 17.4 Å². The summed E-state index contributed by atoms with van der Waals surface area (Å²) in [4.78, 5) is 14.5. The van der Waals surface area contributed by atoms with Crippen molar-refractivity contribution in [3.63, 3.8) is 0 Å². The van der Waals surface area contributed by atoms with Gasteiger partial charge >= 0.3 is 0 Å². The first-order chi connectivity index (χ1) is 6.02. The van der Waals surface area contributed by atoms with Crippen LogP contribution in [0.2, 0.25) is 0 Å². The first-order valence-electron chi connectivity index (χ1n) is 4.47. The third-order valence-corrected chi connectivity index (χ3v) is 2.16. The standard InChI is InChI=1S/C10H16N2O/c1-6(2)10(11)8-5-12-7(3)4-9(8)13/h4-6,10H,11H2,1-3H3,(H,12,13)/t10-/m0/s1. The van der Waals surface area contributed by atoms with Crippen molar-refractivity contribution in [2.45, 2.75) is 26.8 Å². The fourth-order valence-electron chi connectivity index (χ4n) is 1.20. The first-order valence-corrected chi connectivity index (χ1v) is 4.47. The summed E-state index contributed by atoms with van der Waals surface area (Å²) in [7, 11) is 0. The van der Waals surface area contributed by atoms with E-state index < -0.39 is 0 Å². The van der Waals surface area contributed by atoms with Crippen molar-refractivity contribution in [1.82, 2.24) is 4.98 Å². The molecule has 13 heavy (non-hydrogen) atoms. The van der Waals surface area contributed by atoms with Crippen LogP contribution in [0.3, 0.4) is 0 Å². The molecule has 0 amide bonds. The van der Waals surface area contributed by atoms with Gasteiger partial charge in [0.1, 0.15) is 0 Å². The number of pyridine rings is 1. The van der Waals surface area contributed by atoms with Crippen LogP contribution in [-0.4, -0.2) is 4.98 Å². The molecular formula is C10H16N2O. The number of hydrogen-bond donors (Lipinski definition) is 2. The number of aromatic nitrogens is 1. The van der Waals surface area contributed by atoms with Crippen LogP contribution >= 0.6 is 0 Å². The van der Waals surface area contributed by atoms with E-state index >= 15 is 0 Å². The maximum absolute atomic E-state index is 11.5. The van der Waals surface area contributed by atoms with Crippen molar-refractivity contribution in [2.75, 3.05) is 0 Å². The second-order valence-electron chi connectivity index (χ2n) is 3.71. The Morgan fingerprint density at radius 3 is 2.54 bits per heavy atom. The van der Waals surface area contributed by atoms with Crippen molar-refractivity contribution in [1.29, 1.82) is 0 Å². The van der Waals surface area contributed by atoms with E-state index in [9.17, 15) is 4.79 Å². The van der Waals surface area contributed by atoms with Crippen LogP contribution in [-0.2, 0) is 0 Å². The van der Waals surface area contributed by atoms with Gasteiger partial charge in [0.25, 0.3) is 0 Å². The highest BCUT2D eigenvalue weighted by Crippen LogP contribution is 2.14. The number of H-pyrrole nitrogens is 1. The maximum Gasteiger partial charge on any atom is 0.186 e. The van der Waals surface area contributed by atoms with E-state index in [4.69, 9.17) is 5.73 Å². The lowest BCUT2D eigenvalue weighted by Crippen LogP contribution is -2.24. The van der Waals surface area contributed by atoms with Gasteiger partial charge in [-0.15, -0.1) is 0 Å². The average molecular weight is 180 g/mol. The molecule has 1 aromatic heterocycles. The lowest BCUT2D eigenvalue weighted by molar-refractivity contribution is 0.510. The summed E-state index contributed by atoms with van der Waals surface area (Å²) in [6.45, 7) is 5.86. The molecular weight excluding hydrogens is 164 g/mol. The highest BCUT2D eigenvalue weighted by atomic mass is 16.1. The van der Waals surface area contributed by atoms with Crippen molar-refractivity contribution in [2.24, 2.45) is 11.7 Å². The van der Waals surface area contributed by atoms with Gasteiger partial charge in [-0.3, -0.25) is 4.79 Å². The minimum absolute atomic E-state index is 0.0254. The van der Waals surface area contributed by atoms with E-state index in [2.05, 4.69) is 4.98 Å². The number of rotatable bonds is 2. The second-order valence-corrected chi connectivity index (χ2v) is 3.71. The molecule has 0 aliphatic rings. The zero-order valence-corrected chi connectivity index (χ0v) is 8.29. The molecule has 72 valence electrons. The molecule has 0 unspecified atom stereocenters. The molecule has 0 bridgehead atoms. The van der Waals surface area contributed by atoms with Crippen LogP contribution in [0.15, 0.2) is 17.1 Å². The molecule has 3 heteroatoms.